The standard InChI is InChI=1S/C13H6BrF3O/c14-9-2-1-3-11(17)12(9)13(18)8-6-7(15)4-5-10(8)16/h1-6H. The predicted octanol–water partition coefficient (Wildman–Crippen LogP) is 4.10. The van der Waals surface area contributed by atoms with Crippen molar-refractivity contribution in [2.24, 2.45) is 0 Å². The maximum absolute atomic E-state index is 13.6. The van der Waals surface area contributed by atoms with Gasteiger partial charge in [-0.3, -0.25) is 4.79 Å². The highest BCUT2D eigenvalue weighted by Gasteiger charge is 2.20. The number of benzene rings is 2. The molecule has 2 aromatic rings. The van der Waals surface area contributed by atoms with E-state index in [1.807, 2.05) is 0 Å². The van der Waals surface area contributed by atoms with Crippen molar-refractivity contribution in [1.29, 1.82) is 0 Å². The summed E-state index contributed by atoms with van der Waals surface area (Å²) in [6.07, 6.45) is 0. The zero-order valence-corrected chi connectivity index (χ0v) is 10.5. The van der Waals surface area contributed by atoms with E-state index in [4.69, 9.17) is 0 Å². The average molecular weight is 315 g/mol. The Hall–Kier alpha value is -1.62. The van der Waals surface area contributed by atoms with Gasteiger partial charge in [-0.25, -0.2) is 13.2 Å². The molecule has 18 heavy (non-hydrogen) atoms. The first kappa shape index (κ1) is 12.8. The number of carbonyl (C=O) groups excluding carboxylic acids is 1. The van der Waals surface area contributed by atoms with Crippen LogP contribution in [0.1, 0.15) is 15.9 Å². The van der Waals surface area contributed by atoms with Gasteiger partial charge in [0.2, 0.25) is 0 Å². The lowest BCUT2D eigenvalue weighted by Crippen LogP contribution is -2.08. The van der Waals surface area contributed by atoms with Crippen LogP contribution in [0, 0.1) is 17.5 Å². The largest absolute Gasteiger partial charge is 0.288 e. The number of rotatable bonds is 2. The fraction of sp³-hybridized carbons (Fsp3) is 0. The minimum Gasteiger partial charge on any atom is -0.288 e. The molecule has 2 rings (SSSR count). The molecule has 0 fully saturated rings. The fourth-order valence-corrected chi connectivity index (χ4v) is 2.04. The smallest absolute Gasteiger partial charge is 0.200 e. The zero-order chi connectivity index (χ0) is 13.3. The second kappa shape index (κ2) is 4.94. The summed E-state index contributed by atoms with van der Waals surface area (Å²) in [5.41, 5.74) is -0.817. The van der Waals surface area contributed by atoms with E-state index in [-0.39, 0.29) is 10.0 Å². The minimum atomic E-state index is -0.906. The molecule has 0 N–H and O–H groups in total. The van der Waals surface area contributed by atoms with Crippen molar-refractivity contribution >= 4 is 21.7 Å². The van der Waals surface area contributed by atoms with Gasteiger partial charge in [-0.15, -0.1) is 0 Å². The number of halogens is 4. The molecular formula is C13H6BrF3O. The van der Waals surface area contributed by atoms with Gasteiger partial charge in [0.05, 0.1) is 11.1 Å². The molecule has 0 unspecified atom stereocenters. The van der Waals surface area contributed by atoms with E-state index in [1.165, 1.54) is 12.1 Å². The van der Waals surface area contributed by atoms with Crippen LogP contribution < -0.4 is 0 Å². The molecular weight excluding hydrogens is 309 g/mol. The molecule has 0 aliphatic heterocycles. The lowest BCUT2D eigenvalue weighted by molar-refractivity contribution is 0.103. The van der Waals surface area contributed by atoms with Gasteiger partial charge in [0.15, 0.2) is 5.78 Å². The summed E-state index contributed by atoms with van der Waals surface area (Å²) in [6, 6.07) is 6.40. The molecule has 2 aromatic carbocycles. The van der Waals surface area contributed by atoms with Gasteiger partial charge in [0, 0.05) is 4.47 Å². The van der Waals surface area contributed by atoms with Crippen LogP contribution in [0.4, 0.5) is 13.2 Å². The topological polar surface area (TPSA) is 17.1 Å². The van der Waals surface area contributed by atoms with Crippen LogP contribution in [0.15, 0.2) is 40.9 Å². The quantitative estimate of drug-likeness (QED) is 0.763. The van der Waals surface area contributed by atoms with E-state index >= 15 is 0 Å². The first-order valence-corrected chi connectivity index (χ1v) is 5.74. The van der Waals surface area contributed by atoms with Gasteiger partial charge in [-0.05, 0) is 46.3 Å². The highest BCUT2D eigenvalue weighted by atomic mass is 79.9. The van der Waals surface area contributed by atoms with E-state index in [1.54, 1.807) is 0 Å². The van der Waals surface area contributed by atoms with Crippen LogP contribution in [0.25, 0.3) is 0 Å². The molecule has 0 atom stereocenters. The van der Waals surface area contributed by atoms with Crippen LogP contribution in [-0.4, -0.2) is 5.78 Å². The highest BCUT2D eigenvalue weighted by molar-refractivity contribution is 9.10. The van der Waals surface area contributed by atoms with Gasteiger partial charge >= 0.3 is 0 Å². The summed E-state index contributed by atoms with van der Waals surface area (Å²) >= 11 is 3.01. The molecule has 0 radical (unpaired) electrons. The van der Waals surface area contributed by atoms with Crippen LogP contribution in [0.3, 0.4) is 0 Å². The molecule has 0 amide bonds. The average Bonchev–Trinajstić information content (AvgIpc) is 2.32. The van der Waals surface area contributed by atoms with Crippen molar-refractivity contribution in [2.45, 2.75) is 0 Å². The molecule has 0 aromatic heterocycles. The molecule has 0 saturated carbocycles. The summed E-state index contributed by atoms with van der Waals surface area (Å²) in [7, 11) is 0. The highest BCUT2D eigenvalue weighted by Crippen LogP contribution is 2.24. The Kier molecular flexibility index (Phi) is 3.52. The van der Waals surface area contributed by atoms with Crippen molar-refractivity contribution in [1.82, 2.24) is 0 Å². The molecule has 0 aliphatic rings. The Bertz CT molecular complexity index is 605. The maximum atomic E-state index is 13.6. The van der Waals surface area contributed by atoms with Crippen molar-refractivity contribution < 1.29 is 18.0 Å². The fourth-order valence-electron chi connectivity index (χ4n) is 1.52. The van der Waals surface area contributed by atoms with Gasteiger partial charge in [0.25, 0.3) is 0 Å². The van der Waals surface area contributed by atoms with Crippen molar-refractivity contribution in [3.8, 4) is 0 Å². The first-order valence-electron chi connectivity index (χ1n) is 4.94. The molecule has 0 heterocycles. The third kappa shape index (κ3) is 2.31. The number of hydrogen-bond acceptors (Lipinski definition) is 1. The van der Waals surface area contributed by atoms with Crippen LogP contribution in [-0.2, 0) is 0 Å². The molecule has 92 valence electrons. The minimum absolute atomic E-state index is 0.191. The summed E-state index contributed by atoms with van der Waals surface area (Å²) in [5.74, 6) is -3.35. The number of carbonyl (C=O) groups is 1. The van der Waals surface area contributed by atoms with Crippen molar-refractivity contribution in [2.75, 3.05) is 0 Å². The second-order valence-electron chi connectivity index (χ2n) is 3.55. The Balaban J connectivity index is 2.58. The third-order valence-corrected chi connectivity index (χ3v) is 3.02. The summed E-state index contributed by atoms with van der Waals surface area (Å²) < 4.78 is 40.2. The second-order valence-corrected chi connectivity index (χ2v) is 4.40. The van der Waals surface area contributed by atoms with Gasteiger partial charge in [-0.2, -0.15) is 0 Å². The lowest BCUT2D eigenvalue weighted by Gasteiger charge is -2.06. The van der Waals surface area contributed by atoms with Gasteiger partial charge in [0.1, 0.15) is 17.5 Å². The maximum Gasteiger partial charge on any atom is 0.200 e. The molecule has 0 bridgehead atoms. The Labute approximate surface area is 109 Å². The monoisotopic (exact) mass is 314 g/mol. The van der Waals surface area contributed by atoms with Crippen LogP contribution >= 0.6 is 15.9 Å². The zero-order valence-electron chi connectivity index (χ0n) is 8.88. The van der Waals surface area contributed by atoms with E-state index in [2.05, 4.69) is 15.9 Å². The van der Waals surface area contributed by atoms with E-state index in [0.717, 1.165) is 24.3 Å². The molecule has 5 heteroatoms. The Morgan fingerprint density at radius 2 is 1.72 bits per heavy atom. The van der Waals surface area contributed by atoms with E-state index in [9.17, 15) is 18.0 Å². The van der Waals surface area contributed by atoms with Crippen molar-refractivity contribution in [3.05, 3.63) is 69.4 Å². The first-order chi connectivity index (χ1) is 8.50. The van der Waals surface area contributed by atoms with Crippen LogP contribution in [0.2, 0.25) is 0 Å². The third-order valence-electron chi connectivity index (χ3n) is 2.36. The summed E-state index contributed by atoms with van der Waals surface area (Å²) in [6.45, 7) is 0. The molecule has 0 aliphatic carbocycles. The normalized spacial score (nSPS) is 10.4. The summed E-state index contributed by atoms with van der Waals surface area (Å²) in [4.78, 5) is 12.0. The molecule has 0 spiro atoms. The number of hydrogen-bond donors (Lipinski definition) is 0. The Morgan fingerprint density at radius 3 is 2.39 bits per heavy atom. The van der Waals surface area contributed by atoms with Crippen molar-refractivity contribution in [3.63, 3.8) is 0 Å². The SMILES string of the molecule is O=C(c1cc(F)ccc1F)c1c(F)cccc1Br. The van der Waals surface area contributed by atoms with Crippen LogP contribution in [0.5, 0.6) is 0 Å². The van der Waals surface area contributed by atoms with Gasteiger partial charge < -0.3 is 0 Å². The predicted molar refractivity (Wildman–Crippen MR) is 63.9 cm³/mol. The molecule has 0 saturated heterocycles. The lowest BCUT2D eigenvalue weighted by atomic mass is 10.0. The summed E-state index contributed by atoms with van der Waals surface area (Å²) in [5, 5.41) is 0. The van der Waals surface area contributed by atoms with Gasteiger partial charge in [-0.1, -0.05) is 6.07 Å². The molecule has 1 nitrogen and oxygen atoms in total. The number of ketones is 1. The van der Waals surface area contributed by atoms with E-state index in [0.29, 0.717) is 0 Å². The Morgan fingerprint density at radius 1 is 1.00 bits per heavy atom. The van der Waals surface area contributed by atoms with E-state index < -0.39 is 28.8 Å².